The van der Waals surface area contributed by atoms with Crippen LogP contribution in [0, 0.1) is 0 Å². The smallest absolute Gasteiger partial charge is 0.303 e. The summed E-state index contributed by atoms with van der Waals surface area (Å²) in [5.74, 6) is -0.143. The Bertz CT molecular complexity index is 354. The Kier molecular flexibility index (Phi) is 7.79. The molecule has 16 heavy (non-hydrogen) atoms. The molecule has 6 nitrogen and oxygen atoms in total. The number of carbonyl (C=O) groups excluding carboxylic acids is 1. The second-order valence-corrected chi connectivity index (χ2v) is 9.22. The van der Waals surface area contributed by atoms with E-state index in [-0.39, 0.29) is 5.97 Å². The Labute approximate surface area is 106 Å². The molecule has 0 radical (unpaired) electrons. The molecule has 1 rings (SSSR count). The van der Waals surface area contributed by atoms with Gasteiger partial charge in [0.25, 0.3) is 0 Å². The van der Waals surface area contributed by atoms with Gasteiger partial charge in [-0.05, 0) is 0 Å². The first-order chi connectivity index (χ1) is 7.29. The summed E-state index contributed by atoms with van der Waals surface area (Å²) in [5.41, 5.74) is 0. The third-order valence-corrected chi connectivity index (χ3v) is 6.55. The summed E-state index contributed by atoms with van der Waals surface area (Å²) >= 11 is -1.52. The van der Waals surface area contributed by atoms with Gasteiger partial charge in [-0.3, -0.25) is 0 Å². The summed E-state index contributed by atoms with van der Waals surface area (Å²) < 4.78 is 15.1. The van der Waals surface area contributed by atoms with Crippen LogP contribution in [0.1, 0.15) is 6.92 Å². The Morgan fingerprint density at radius 3 is 2.06 bits per heavy atom. The average Bonchev–Trinajstić information content (AvgIpc) is 2.14. The van der Waals surface area contributed by atoms with Gasteiger partial charge in [-0.2, -0.15) is 0 Å². The van der Waals surface area contributed by atoms with Crippen molar-refractivity contribution >= 4 is 16.9 Å². The van der Waals surface area contributed by atoms with Crippen LogP contribution in [0.2, 0.25) is 0 Å². The van der Waals surface area contributed by atoms with E-state index in [4.69, 9.17) is 21.9 Å². The third kappa shape index (κ3) is 13.7. The predicted octanol–water partition coefficient (Wildman–Crippen LogP) is -0.0561. The second kappa shape index (κ2) is 7.92. The molecule has 0 spiro atoms. The van der Waals surface area contributed by atoms with Crippen LogP contribution >= 0.6 is 7.82 Å². The molecule has 0 bridgehead atoms. The molecule has 0 amide bonds. The normalized spacial score (nSPS) is 9.50. The van der Waals surface area contributed by atoms with Gasteiger partial charge in [-0.25, -0.2) is 4.57 Å². The number of rotatable bonds is 2. The fourth-order valence-corrected chi connectivity index (χ4v) is 4.00. The van der Waals surface area contributed by atoms with Gasteiger partial charge in [0.2, 0.25) is 0 Å². The van der Waals surface area contributed by atoms with Crippen molar-refractivity contribution in [3.63, 3.8) is 0 Å². The van der Waals surface area contributed by atoms with E-state index in [9.17, 15) is 4.79 Å². The molecule has 0 aliphatic carbocycles. The van der Waals surface area contributed by atoms with Gasteiger partial charge in [0.1, 0.15) is 0 Å². The van der Waals surface area contributed by atoms with Crippen molar-refractivity contribution in [1.29, 1.82) is 0 Å². The van der Waals surface area contributed by atoms with Crippen molar-refractivity contribution in [2.75, 3.05) is 0 Å². The summed E-state index contributed by atoms with van der Waals surface area (Å²) in [6, 6.07) is 9.94. The fraction of sp³-hybridized carbons (Fsp3) is 0.125. The maximum atomic E-state index is 10.5. The summed E-state index contributed by atoms with van der Waals surface area (Å²) in [5, 5.41) is 0. The van der Waals surface area contributed by atoms with E-state index in [1.807, 2.05) is 30.3 Å². The standard InChI is InChI=1S/C6H5.C2H4O2.Hg.H3O4P/c1-2-4-6-5-3-1;1-2(3)4;;1-5(2,3)4/h1-5H;1H3,(H,3,4);;(H3,1,2,3,4)/q;;+1;/p-1. The SMILES string of the molecule is CC(=O)[O][Hg][c]1ccccc1.O=P(O)(O)O. The number of hydrogen-bond acceptors (Lipinski definition) is 3. The summed E-state index contributed by atoms with van der Waals surface area (Å²) in [7, 11) is -4.64. The Morgan fingerprint density at radius 1 is 1.25 bits per heavy atom. The van der Waals surface area contributed by atoms with E-state index >= 15 is 0 Å². The van der Waals surface area contributed by atoms with Gasteiger partial charge in [-0.1, -0.05) is 0 Å². The number of benzene rings is 1. The fourth-order valence-electron chi connectivity index (χ4n) is 0.759. The van der Waals surface area contributed by atoms with E-state index in [0.717, 1.165) is 0 Å². The molecule has 86 valence electrons. The molecule has 0 unspecified atom stereocenters. The van der Waals surface area contributed by atoms with Crippen LogP contribution in [-0.4, -0.2) is 20.6 Å². The summed E-state index contributed by atoms with van der Waals surface area (Å²) in [6.45, 7) is 1.46. The third-order valence-electron chi connectivity index (χ3n) is 1.28. The molecule has 8 heteroatoms. The number of phosphoric acid groups is 1. The minimum absolute atomic E-state index is 0.143. The van der Waals surface area contributed by atoms with E-state index < -0.39 is 32.9 Å². The van der Waals surface area contributed by atoms with Crippen LogP contribution < -0.4 is 3.07 Å². The van der Waals surface area contributed by atoms with Gasteiger partial charge in [0.05, 0.1) is 0 Å². The van der Waals surface area contributed by atoms with Crippen LogP contribution in [0.15, 0.2) is 30.3 Å². The molecule has 0 saturated heterocycles. The second-order valence-electron chi connectivity index (χ2n) is 2.78. The van der Waals surface area contributed by atoms with Crippen molar-refractivity contribution in [2.45, 2.75) is 6.92 Å². The van der Waals surface area contributed by atoms with Crippen molar-refractivity contribution in [2.24, 2.45) is 0 Å². The van der Waals surface area contributed by atoms with Gasteiger partial charge in [0.15, 0.2) is 0 Å². The van der Waals surface area contributed by atoms with Gasteiger partial charge >= 0.3 is 86.6 Å². The Hall–Kier alpha value is -0.265. The maximum Gasteiger partial charge on any atom is 0.466 e. The molecule has 1 aromatic carbocycles. The molecule has 1 aromatic rings. The molecular formula is C8H11HgO6P. The molecule has 0 aliphatic rings. The minimum Gasteiger partial charge on any atom is -0.303 e. The van der Waals surface area contributed by atoms with Gasteiger partial charge in [0, 0.05) is 0 Å². The molecule has 3 N–H and O–H groups in total. The van der Waals surface area contributed by atoms with Crippen LogP contribution in [0.5, 0.6) is 0 Å². The minimum atomic E-state index is -4.64. The Morgan fingerprint density at radius 2 is 1.69 bits per heavy atom. The molecule has 0 aliphatic heterocycles. The molecular weight excluding hydrogens is 424 g/mol. The zero-order valence-electron chi connectivity index (χ0n) is 8.61. The van der Waals surface area contributed by atoms with E-state index in [1.54, 1.807) is 0 Å². The van der Waals surface area contributed by atoms with E-state index in [0.29, 0.717) is 0 Å². The summed E-state index contributed by atoms with van der Waals surface area (Å²) in [6.07, 6.45) is 0. The quantitative estimate of drug-likeness (QED) is 0.445. The zero-order valence-corrected chi connectivity index (χ0v) is 15.0. The van der Waals surface area contributed by atoms with Crippen molar-refractivity contribution < 1.29 is 51.7 Å². The van der Waals surface area contributed by atoms with Gasteiger partial charge < -0.3 is 14.7 Å². The summed E-state index contributed by atoms with van der Waals surface area (Å²) in [4.78, 5) is 32.0. The largest absolute Gasteiger partial charge is 0.466 e. The van der Waals surface area contributed by atoms with Crippen molar-refractivity contribution in [3.05, 3.63) is 30.3 Å². The molecule has 0 atom stereocenters. The van der Waals surface area contributed by atoms with Crippen molar-refractivity contribution in [1.82, 2.24) is 0 Å². The average molecular weight is 435 g/mol. The van der Waals surface area contributed by atoms with Crippen molar-refractivity contribution in [3.8, 4) is 0 Å². The topological polar surface area (TPSA) is 104 Å². The first kappa shape index (κ1) is 15.7. The molecule has 0 heterocycles. The predicted molar refractivity (Wildman–Crippen MR) is 52.1 cm³/mol. The number of hydrogen-bond donors (Lipinski definition) is 3. The van der Waals surface area contributed by atoms with Crippen LogP contribution in [0.25, 0.3) is 0 Å². The molecule has 0 fully saturated rings. The number of carbonyl (C=O) groups is 1. The van der Waals surface area contributed by atoms with Crippen LogP contribution in [0.4, 0.5) is 0 Å². The van der Waals surface area contributed by atoms with Crippen LogP contribution in [0.3, 0.4) is 0 Å². The molecule has 0 saturated carbocycles. The van der Waals surface area contributed by atoms with Gasteiger partial charge in [-0.15, -0.1) is 0 Å². The monoisotopic (exact) mass is 436 g/mol. The Balaban J connectivity index is 0.000000385. The molecule has 0 aromatic heterocycles. The van der Waals surface area contributed by atoms with E-state index in [1.165, 1.54) is 10.00 Å². The van der Waals surface area contributed by atoms with Crippen LogP contribution in [-0.2, 0) is 37.0 Å². The maximum absolute atomic E-state index is 10.5. The van der Waals surface area contributed by atoms with E-state index in [2.05, 4.69) is 0 Å². The first-order valence-corrected chi connectivity index (χ1v) is 10.8. The zero-order chi connectivity index (χ0) is 12.6. The first-order valence-electron chi connectivity index (χ1n) is 4.24.